The van der Waals surface area contributed by atoms with Gasteiger partial charge in [-0.05, 0) is 30.7 Å². The van der Waals surface area contributed by atoms with Crippen molar-refractivity contribution in [2.45, 2.75) is 38.7 Å². The summed E-state index contributed by atoms with van der Waals surface area (Å²) in [5, 5.41) is 19.8. The average Bonchev–Trinajstić information content (AvgIpc) is 2.75. The molecule has 0 radical (unpaired) electrons. The molecule has 1 saturated carbocycles. The zero-order valence-corrected chi connectivity index (χ0v) is 10.1. The van der Waals surface area contributed by atoms with Crippen LogP contribution in [0.3, 0.4) is 0 Å². The Labute approximate surface area is 100 Å². The Morgan fingerprint density at radius 1 is 1.53 bits per heavy atom. The van der Waals surface area contributed by atoms with Crippen molar-refractivity contribution in [3.63, 3.8) is 0 Å². The van der Waals surface area contributed by atoms with Gasteiger partial charge in [0.2, 0.25) is 0 Å². The summed E-state index contributed by atoms with van der Waals surface area (Å²) in [6, 6.07) is 1.40. The first kappa shape index (κ1) is 12.2. The zero-order valence-electron chi connectivity index (χ0n) is 10.1. The summed E-state index contributed by atoms with van der Waals surface area (Å²) < 4.78 is 5.26. The molecule has 0 saturated heterocycles. The van der Waals surface area contributed by atoms with E-state index < -0.39 is 11.6 Å². The van der Waals surface area contributed by atoms with Gasteiger partial charge >= 0.3 is 5.97 Å². The number of aromatic carboxylic acids is 1. The van der Waals surface area contributed by atoms with E-state index in [2.05, 4.69) is 6.92 Å². The number of rotatable bonds is 2. The lowest BCUT2D eigenvalue weighted by atomic mass is 9.69. The Kier molecular flexibility index (Phi) is 3.00. The third-order valence-corrected chi connectivity index (χ3v) is 4.11. The van der Waals surface area contributed by atoms with E-state index in [1.807, 2.05) is 6.92 Å². The standard InChI is InChI=1S/C13H18O4/c1-8-4-3-6-13(16,9(8)2)11-10(12(14)15)5-7-17-11/h5,7-9,16H,3-4,6H2,1-2H3,(H,14,15). The fourth-order valence-corrected chi connectivity index (χ4v) is 2.78. The lowest BCUT2D eigenvalue weighted by Crippen LogP contribution is -2.41. The molecule has 1 aromatic heterocycles. The summed E-state index contributed by atoms with van der Waals surface area (Å²) in [6.45, 7) is 4.04. The molecule has 0 bridgehead atoms. The minimum atomic E-state index is -1.14. The van der Waals surface area contributed by atoms with Crippen LogP contribution in [0.25, 0.3) is 0 Å². The number of aliphatic hydroxyl groups is 1. The maximum absolute atomic E-state index is 11.1. The molecule has 0 aliphatic heterocycles. The number of carboxylic acid groups (broad SMARTS) is 1. The molecule has 94 valence electrons. The molecule has 0 amide bonds. The second-order valence-electron chi connectivity index (χ2n) is 5.05. The smallest absolute Gasteiger partial charge is 0.339 e. The van der Waals surface area contributed by atoms with E-state index in [1.165, 1.54) is 12.3 Å². The highest BCUT2D eigenvalue weighted by molar-refractivity contribution is 5.89. The second kappa shape index (κ2) is 4.18. The van der Waals surface area contributed by atoms with E-state index in [-0.39, 0.29) is 17.2 Å². The van der Waals surface area contributed by atoms with Gasteiger partial charge in [0.05, 0.1) is 6.26 Å². The first-order valence-electron chi connectivity index (χ1n) is 6.00. The Hall–Kier alpha value is -1.29. The molecule has 1 aliphatic carbocycles. The lowest BCUT2D eigenvalue weighted by molar-refractivity contribution is -0.0845. The van der Waals surface area contributed by atoms with Crippen LogP contribution in [0.4, 0.5) is 0 Å². The summed E-state index contributed by atoms with van der Waals surface area (Å²) in [5.41, 5.74) is -1.07. The van der Waals surface area contributed by atoms with Crippen LogP contribution in [-0.4, -0.2) is 16.2 Å². The summed E-state index contributed by atoms with van der Waals surface area (Å²) in [5.74, 6) is -0.474. The van der Waals surface area contributed by atoms with Crippen molar-refractivity contribution in [3.05, 3.63) is 23.7 Å². The van der Waals surface area contributed by atoms with E-state index in [9.17, 15) is 9.90 Å². The monoisotopic (exact) mass is 238 g/mol. The van der Waals surface area contributed by atoms with E-state index >= 15 is 0 Å². The van der Waals surface area contributed by atoms with Crippen LogP contribution in [0.2, 0.25) is 0 Å². The Balaban J connectivity index is 2.43. The van der Waals surface area contributed by atoms with Gasteiger partial charge in [0.15, 0.2) is 0 Å². The maximum atomic E-state index is 11.1. The number of hydrogen-bond donors (Lipinski definition) is 2. The van der Waals surface area contributed by atoms with Gasteiger partial charge in [-0.2, -0.15) is 0 Å². The predicted molar refractivity (Wildman–Crippen MR) is 61.7 cm³/mol. The van der Waals surface area contributed by atoms with E-state index in [0.29, 0.717) is 12.3 Å². The number of carbonyl (C=O) groups is 1. The Morgan fingerprint density at radius 3 is 2.88 bits per heavy atom. The molecular formula is C13H18O4. The molecule has 1 heterocycles. The molecule has 2 N–H and O–H groups in total. The van der Waals surface area contributed by atoms with Crippen molar-refractivity contribution >= 4 is 5.97 Å². The molecular weight excluding hydrogens is 220 g/mol. The molecule has 17 heavy (non-hydrogen) atoms. The SMILES string of the molecule is CC1CCCC(O)(c2occc2C(=O)O)C1C. The molecule has 3 atom stereocenters. The van der Waals surface area contributed by atoms with E-state index in [0.717, 1.165) is 12.8 Å². The van der Waals surface area contributed by atoms with Gasteiger partial charge in [-0.3, -0.25) is 0 Å². The number of hydrogen-bond acceptors (Lipinski definition) is 3. The van der Waals surface area contributed by atoms with Gasteiger partial charge in [0, 0.05) is 0 Å². The van der Waals surface area contributed by atoms with Gasteiger partial charge in [-0.15, -0.1) is 0 Å². The lowest BCUT2D eigenvalue weighted by Gasteiger charge is -2.40. The van der Waals surface area contributed by atoms with Crippen molar-refractivity contribution in [3.8, 4) is 0 Å². The van der Waals surface area contributed by atoms with Crippen LogP contribution in [0.1, 0.15) is 49.2 Å². The van der Waals surface area contributed by atoms with Gasteiger partial charge < -0.3 is 14.6 Å². The first-order chi connectivity index (χ1) is 7.97. The second-order valence-corrected chi connectivity index (χ2v) is 5.05. The van der Waals surface area contributed by atoms with E-state index in [4.69, 9.17) is 9.52 Å². The van der Waals surface area contributed by atoms with Crippen LogP contribution in [0, 0.1) is 11.8 Å². The van der Waals surface area contributed by atoms with Crippen molar-refractivity contribution < 1.29 is 19.4 Å². The maximum Gasteiger partial charge on any atom is 0.339 e. The summed E-state index contributed by atoms with van der Waals surface area (Å²) in [6.07, 6.45) is 3.85. The van der Waals surface area contributed by atoms with Crippen molar-refractivity contribution in [2.75, 3.05) is 0 Å². The summed E-state index contributed by atoms with van der Waals surface area (Å²) in [7, 11) is 0. The van der Waals surface area contributed by atoms with Gasteiger partial charge in [-0.25, -0.2) is 4.79 Å². The largest absolute Gasteiger partial charge is 0.478 e. The van der Waals surface area contributed by atoms with Crippen molar-refractivity contribution in [1.29, 1.82) is 0 Å². The summed E-state index contributed by atoms with van der Waals surface area (Å²) >= 11 is 0. The van der Waals surface area contributed by atoms with Crippen LogP contribution < -0.4 is 0 Å². The quantitative estimate of drug-likeness (QED) is 0.830. The average molecular weight is 238 g/mol. The molecule has 1 fully saturated rings. The predicted octanol–water partition coefficient (Wildman–Crippen LogP) is 2.62. The highest BCUT2D eigenvalue weighted by atomic mass is 16.4. The fourth-order valence-electron chi connectivity index (χ4n) is 2.78. The third-order valence-electron chi connectivity index (χ3n) is 4.11. The summed E-state index contributed by atoms with van der Waals surface area (Å²) in [4.78, 5) is 11.1. The minimum Gasteiger partial charge on any atom is -0.478 e. The van der Waals surface area contributed by atoms with Gasteiger partial charge in [0.1, 0.15) is 16.9 Å². The van der Waals surface area contributed by atoms with E-state index in [1.54, 1.807) is 0 Å². The third kappa shape index (κ3) is 1.86. The van der Waals surface area contributed by atoms with Crippen LogP contribution in [0.15, 0.2) is 16.7 Å². The Bertz CT molecular complexity index is 423. The van der Waals surface area contributed by atoms with Crippen LogP contribution >= 0.6 is 0 Å². The topological polar surface area (TPSA) is 70.7 Å². The number of furan rings is 1. The van der Waals surface area contributed by atoms with Gasteiger partial charge in [0.25, 0.3) is 0 Å². The van der Waals surface area contributed by atoms with Crippen LogP contribution in [0.5, 0.6) is 0 Å². The van der Waals surface area contributed by atoms with Gasteiger partial charge in [-0.1, -0.05) is 20.3 Å². The highest BCUT2D eigenvalue weighted by Gasteiger charge is 2.45. The minimum absolute atomic E-state index is 0.000463. The van der Waals surface area contributed by atoms with Crippen molar-refractivity contribution in [1.82, 2.24) is 0 Å². The molecule has 1 aromatic rings. The van der Waals surface area contributed by atoms with Crippen LogP contribution in [-0.2, 0) is 5.60 Å². The Morgan fingerprint density at radius 2 is 2.24 bits per heavy atom. The molecule has 1 aliphatic rings. The molecule has 3 unspecified atom stereocenters. The first-order valence-corrected chi connectivity index (χ1v) is 6.00. The zero-order chi connectivity index (χ0) is 12.6. The fraction of sp³-hybridized carbons (Fsp3) is 0.615. The van der Waals surface area contributed by atoms with Crippen molar-refractivity contribution in [2.24, 2.45) is 11.8 Å². The highest BCUT2D eigenvalue weighted by Crippen LogP contribution is 2.45. The molecule has 0 spiro atoms. The normalized spacial score (nSPS) is 33.6. The molecule has 2 rings (SSSR count). The number of carboxylic acids is 1. The molecule has 0 aromatic carbocycles. The molecule has 4 nitrogen and oxygen atoms in total. The molecule has 4 heteroatoms.